The first-order chi connectivity index (χ1) is 12.0. The molecule has 0 aliphatic carbocycles. The second-order valence-corrected chi connectivity index (χ2v) is 4.94. The highest BCUT2D eigenvalue weighted by molar-refractivity contribution is 5.94. The molecule has 0 aliphatic rings. The number of rotatable bonds is 7. The maximum Gasteiger partial charge on any atom is 0.243 e. The van der Waals surface area contributed by atoms with E-state index >= 15 is 0 Å². The van der Waals surface area contributed by atoms with Crippen molar-refractivity contribution in [1.82, 2.24) is 0 Å². The molecule has 0 bridgehead atoms. The van der Waals surface area contributed by atoms with E-state index in [1.807, 2.05) is 0 Å². The van der Waals surface area contributed by atoms with Crippen molar-refractivity contribution >= 4 is 17.3 Å². The first-order valence-electron chi connectivity index (χ1n) is 7.27. The third-order valence-corrected chi connectivity index (χ3v) is 3.32. The molecule has 0 saturated heterocycles. The first kappa shape index (κ1) is 18.3. The van der Waals surface area contributed by atoms with Crippen molar-refractivity contribution in [1.29, 1.82) is 0 Å². The number of halogens is 2. The highest BCUT2D eigenvalue weighted by Gasteiger charge is 2.14. The Labute approximate surface area is 143 Å². The topological polar surface area (TPSA) is 68.8 Å². The Hall–Kier alpha value is -3.03. The standard InChI is InChI=1S/C17H18F2N2O4/c1-23-14-7-11(8-15(24-2)17(14)25-3)21-16(22)9-20-13-6-10(18)4-5-12(13)19/h4-8,20H,9H2,1-3H3,(H,21,22). The number of nitrogens with one attached hydrogen (secondary N) is 2. The maximum atomic E-state index is 13.5. The van der Waals surface area contributed by atoms with Crippen molar-refractivity contribution in [3.8, 4) is 17.2 Å². The van der Waals surface area contributed by atoms with Crippen LogP contribution in [0.2, 0.25) is 0 Å². The van der Waals surface area contributed by atoms with Gasteiger partial charge in [0.15, 0.2) is 11.5 Å². The minimum Gasteiger partial charge on any atom is -0.493 e. The van der Waals surface area contributed by atoms with Gasteiger partial charge in [0, 0.05) is 17.8 Å². The van der Waals surface area contributed by atoms with Gasteiger partial charge in [-0.2, -0.15) is 0 Å². The van der Waals surface area contributed by atoms with Gasteiger partial charge in [-0.25, -0.2) is 8.78 Å². The van der Waals surface area contributed by atoms with E-state index < -0.39 is 17.5 Å². The van der Waals surface area contributed by atoms with Crippen molar-refractivity contribution < 1.29 is 27.8 Å². The van der Waals surface area contributed by atoms with E-state index in [0.29, 0.717) is 22.9 Å². The molecule has 0 aliphatic heterocycles. The average Bonchev–Trinajstić information content (AvgIpc) is 2.61. The van der Waals surface area contributed by atoms with Crippen molar-refractivity contribution in [2.75, 3.05) is 38.5 Å². The Morgan fingerprint density at radius 1 is 1.00 bits per heavy atom. The number of hydrogen-bond donors (Lipinski definition) is 2. The van der Waals surface area contributed by atoms with Gasteiger partial charge in [-0.1, -0.05) is 0 Å². The van der Waals surface area contributed by atoms with Gasteiger partial charge in [-0.05, 0) is 18.2 Å². The number of methoxy groups -OCH3 is 3. The molecular formula is C17H18F2N2O4. The summed E-state index contributed by atoms with van der Waals surface area (Å²) >= 11 is 0. The van der Waals surface area contributed by atoms with Crippen LogP contribution in [0.15, 0.2) is 30.3 Å². The molecule has 25 heavy (non-hydrogen) atoms. The fraction of sp³-hybridized carbons (Fsp3) is 0.235. The third kappa shape index (κ3) is 4.50. The molecule has 0 atom stereocenters. The molecule has 2 rings (SSSR count). The summed E-state index contributed by atoms with van der Waals surface area (Å²) in [5.74, 6) is -0.570. The van der Waals surface area contributed by atoms with Crippen molar-refractivity contribution in [3.05, 3.63) is 42.0 Å². The molecule has 0 fully saturated rings. The van der Waals surface area contributed by atoms with E-state index in [-0.39, 0.29) is 12.2 Å². The number of amides is 1. The average molecular weight is 352 g/mol. The van der Waals surface area contributed by atoms with Gasteiger partial charge < -0.3 is 24.8 Å². The normalized spacial score (nSPS) is 10.1. The van der Waals surface area contributed by atoms with Gasteiger partial charge in [0.2, 0.25) is 11.7 Å². The predicted octanol–water partition coefficient (Wildman–Crippen LogP) is 3.04. The molecule has 0 saturated carbocycles. The molecule has 0 unspecified atom stereocenters. The summed E-state index contributed by atoms with van der Waals surface area (Å²) in [6, 6.07) is 6.07. The zero-order valence-corrected chi connectivity index (χ0v) is 14.0. The minimum atomic E-state index is -0.651. The molecule has 2 aromatic rings. The van der Waals surface area contributed by atoms with Crippen LogP contribution in [-0.4, -0.2) is 33.8 Å². The second-order valence-electron chi connectivity index (χ2n) is 4.94. The van der Waals surface area contributed by atoms with E-state index in [2.05, 4.69) is 10.6 Å². The molecule has 8 heteroatoms. The molecule has 1 amide bonds. The third-order valence-electron chi connectivity index (χ3n) is 3.32. The van der Waals surface area contributed by atoms with Crippen LogP contribution in [0.4, 0.5) is 20.2 Å². The maximum absolute atomic E-state index is 13.5. The Kier molecular flexibility index (Phi) is 5.99. The van der Waals surface area contributed by atoms with Crippen LogP contribution in [0.25, 0.3) is 0 Å². The fourth-order valence-electron chi connectivity index (χ4n) is 2.17. The molecule has 0 radical (unpaired) electrons. The summed E-state index contributed by atoms with van der Waals surface area (Å²) in [7, 11) is 4.38. The van der Waals surface area contributed by atoms with E-state index in [4.69, 9.17) is 14.2 Å². The zero-order valence-electron chi connectivity index (χ0n) is 14.0. The summed E-state index contributed by atoms with van der Waals surface area (Å²) in [6.07, 6.45) is 0. The van der Waals surface area contributed by atoms with Gasteiger partial charge in [-0.15, -0.1) is 0 Å². The van der Waals surface area contributed by atoms with Gasteiger partial charge in [-0.3, -0.25) is 4.79 Å². The highest BCUT2D eigenvalue weighted by atomic mass is 19.1. The van der Waals surface area contributed by atoms with Crippen LogP contribution in [-0.2, 0) is 4.79 Å². The second kappa shape index (κ2) is 8.18. The molecule has 0 aromatic heterocycles. The predicted molar refractivity (Wildman–Crippen MR) is 89.6 cm³/mol. The molecule has 0 heterocycles. The lowest BCUT2D eigenvalue weighted by molar-refractivity contribution is -0.114. The molecule has 6 nitrogen and oxygen atoms in total. The SMILES string of the molecule is COc1cc(NC(=O)CNc2cc(F)ccc2F)cc(OC)c1OC. The molecule has 2 N–H and O–H groups in total. The largest absolute Gasteiger partial charge is 0.493 e. The molecule has 134 valence electrons. The number of hydrogen-bond acceptors (Lipinski definition) is 5. The van der Waals surface area contributed by atoms with E-state index in [0.717, 1.165) is 18.2 Å². The summed E-state index contributed by atoms with van der Waals surface area (Å²) in [5, 5.41) is 5.15. The van der Waals surface area contributed by atoms with E-state index in [1.165, 1.54) is 21.3 Å². The number of ether oxygens (including phenoxy) is 3. The Bertz CT molecular complexity index is 743. The molecule has 2 aromatic carbocycles. The summed E-state index contributed by atoms with van der Waals surface area (Å²) < 4.78 is 42.2. The number of benzene rings is 2. The summed E-state index contributed by atoms with van der Waals surface area (Å²) in [5.41, 5.74) is 0.307. The number of carbonyl (C=O) groups excluding carboxylic acids is 1. The van der Waals surface area contributed by atoms with Crippen molar-refractivity contribution in [2.45, 2.75) is 0 Å². The van der Waals surface area contributed by atoms with E-state index in [9.17, 15) is 13.6 Å². The summed E-state index contributed by atoms with van der Waals surface area (Å²) in [6.45, 7) is -0.253. The Morgan fingerprint density at radius 3 is 2.20 bits per heavy atom. The van der Waals surface area contributed by atoms with Crippen molar-refractivity contribution in [2.24, 2.45) is 0 Å². The van der Waals surface area contributed by atoms with Gasteiger partial charge in [0.05, 0.1) is 33.6 Å². The van der Waals surface area contributed by atoms with E-state index in [1.54, 1.807) is 12.1 Å². The Morgan fingerprint density at radius 2 is 1.64 bits per heavy atom. The molecular weight excluding hydrogens is 334 g/mol. The van der Waals surface area contributed by atoms with Crippen LogP contribution < -0.4 is 24.8 Å². The lowest BCUT2D eigenvalue weighted by Gasteiger charge is -2.15. The lowest BCUT2D eigenvalue weighted by Crippen LogP contribution is -2.22. The number of anilines is 2. The lowest BCUT2D eigenvalue weighted by atomic mass is 10.2. The van der Waals surface area contributed by atoms with Crippen molar-refractivity contribution in [3.63, 3.8) is 0 Å². The van der Waals surface area contributed by atoms with Crippen LogP contribution >= 0.6 is 0 Å². The van der Waals surface area contributed by atoms with Crippen LogP contribution in [0.1, 0.15) is 0 Å². The zero-order chi connectivity index (χ0) is 18.4. The molecule has 0 spiro atoms. The van der Waals surface area contributed by atoms with Gasteiger partial charge in [0.25, 0.3) is 0 Å². The van der Waals surface area contributed by atoms with Gasteiger partial charge >= 0.3 is 0 Å². The van der Waals surface area contributed by atoms with Gasteiger partial charge in [0.1, 0.15) is 11.6 Å². The Balaban J connectivity index is 2.08. The van der Waals surface area contributed by atoms with Crippen LogP contribution in [0.5, 0.6) is 17.2 Å². The summed E-state index contributed by atoms with van der Waals surface area (Å²) in [4.78, 5) is 12.0. The quantitative estimate of drug-likeness (QED) is 0.802. The first-order valence-corrected chi connectivity index (χ1v) is 7.27. The van der Waals surface area contributed by atoms with Crippen LogP contribution in [0, 0.1) is 11.6 Å². The monoisotopic (exact) mass is 352 g/mol. The number of carbonyl (C=O) groups is 1. The van der Waals surface area contributed by atoms with Crippen LogP contribution in [0.3, 0.4) is 0 Å². The smallest absolute Gasteiger partial charge is 0.243 e. The minimum absolute atomic E-state index is 0.0972. The highest BCUT2D eigenvalue weighted by Crippen LogP contribution is 2.39. The fourth-order valence-corrected chi connectivity index (χ4v) is 2.17.